The lowest BCUT2D eigenvalue weighted by Gasteiger charge is -2.22. The molecule has 0 saturated carbocycles. The fourth-order valence-electron chi connectivity index (χ4n) is 2.66. The Balaban J connectivity index is 1.77. The summed E-state index contributed by atoms with van der Waals surface area (Å²) < 4.78 is 0. The van der Waals surface area contributed by atoms with Gasteiger partial charge in [-0.3, -0.25) is 9.69 Å². The number of carbonyl (C=O) groups excluding carboxylic acids is 1. The quantitative estimate of drug-likeness (QED) is 0.788. The van der Waals surface area contributed by atoms with Crippen LogP contribution in [0.4, 0.5) is 5.69 Å². The minimum Gasteiger partial charge on any atom is -0.399 e. The standard InChI is InChI=1S/C15H23N3O/c1-2-18-9-3-4-14(18)11-17-15(19)10-12-5-7-13(16)8-6-12/h5-8,14H,2-4,9-11,16H2,1H3,(H,17,19). The Morgan fingerprint density at radius 2 is 2.16 bits per heavy atom. The second-order valence-electron chi connectivity index (χ2n) is 5.15. The third-order valence-electron chi connectivity index (χ3n) is 3.78. The average Bonchev–Trinajstić information content (AvgIpc) is 2.86. The molecular weight excluding hydrogens is 238 g/mol. The van der Waals surface area contributed by atoms with Crippen LogP contribution < -0.4 is 11.1 Å². The summed E-state index contributed by atoms with van der Waals surface area (Å²) >= 11 is 0. The summed E-state index contributed by atoms with van der Waals surface area (Å²) in [4.78, 5) is 14.3. The Bertz CT molecular complexity index is 416. The first-order chi connectivity index (χ1) is 9.19. The van der Waals surface area contributed by atoms with E-state index >= 15 is 0 Å². The average molecular weight is 261 g/mol. The van der Waals surface area contributed by atoms with Gasteiger partial charge >= 0.3 is 0 Å². The van der Waals surface area contributed by atoms with Crippen molar-refractivity contribution in [2.75, 3.05) is 25.4 Å². The normalized spacial score (nSPS) is 19.5. The minimum atomic E-state index is 0.0905. The molecule has 2 rings (SSSR count). The number of hydrogen-bond donors (Lipinski definition) is 2. The second-order valence-corrected chi connectivity index (χ2v) is 5.15. The van der Waals surface area contributed by atoms with Gasteiger partial charge < -0.3 is 11.1 Å². The number of benzene rings is 1. The van der Waals surface area contributed by atoms with E-state index in [2.05, 4.69) is 17.1 Å². The van der Waals surface area contributed by atoms with E-state index in [0.29, 0.717) is 12.5 Å². The van der Waals surface area contributed by atoms with Gasteiger partial charge in [-0.25, -0.2) is 0 Å². The van der Waals surface area contributed by atoms with E-state index in [1.54, 1.807) is 0 Å². The number of rotatable bonds is 5. The van der Waals surface area contributed by atoms with Crippen LogP contribution in [0.3, 0.4) is 0 Å². The van der Waals surface area contributed by atoms with Gasteiger partial charge in [0.2, 0.25) is 5.91 Å². The highest BCUT2D eigenvalue weighted by molar-refractivity contribution is 5.78. The molecule has 3 N–H and O–H groups in total. The fraction of sp³-hybridized carbons (Fsp3) is 0.533. The Morgan fingerprint density at radius 3 is 2.84 bits per heavy atom. The highest BCUT2D eigenvalue weighted by atomic mass is 16.1. The molecule has 1 aliphatic heterocycles. The Labute approximate surface area is 115 Å². The smallest absolute Gasteiger partial charge is 0.224 e. The Hall–Kier alpha value is -1.55. The minimum absolute atomic E-state index is 0.0905. The molecule has 1 heterocycles. The molecule has 1 fully saturated rings. The van der Waals surface area contributed by atoms with Gasteiger partial charge in [-0.2, -0.15) is 0 Å². The topological polar surface area (TPSA) is 58.4 Å². The highest BCUT2D eigenvalue weighted by Gasteiger charge is 2.22. The molecular formula is C15H23N3O. The number of hydrogen-bond acceptors (Lipinski definition) is 3. The number of anilines is 1. The van der Waals surface area contributed by atoms with Gasteiger partial charge in [-0.05, 0) is 43.6 Å². The SMILES string of the molecule is CCN1CCCC1CNC(=O)Cc1ccc(N)cc1. The number of nitrogens with zero attached hydrogens (tertiary/aromatic N) is 1. The Kier molecular flexibility index (Phi) is 4.80. The number of nitrogens with two attached hydrogens (primary N) is 1. The molecule has 104 valence electrons. The summed E-state index contributed by atoms with van der Waals surface area (Å²) in [5, 5.41) is 3.04. The van der Waals surface area contributed by atoms with Crippen LogP contribution >= 0.6 is 0 Å². The number of nitrogens with one attached hydrogen (secondary N) is 1. The third-order valence-corrected chi connectivity index (χ3v) is 3.78. The van der Waals surface area contributed by atoms with Crippen molar-refractivity contribution in [3.05, 3.63) is 29.8 Å². The zero-order valence-corrected chi connectivity index (χ0v) is 11.6. The van der Waals surface area contributed by atoms with Crippen molar-refractivity contribution < 1.29 is 4.79 Å². The molecule has 1 aromatic rings. The van der Waals surface area contributed by atoms with Crippen molar-refractivity contribution in [3.8, 4) is 0 Å². The van der Waals surface area contributed by atoms with Gasteiger partial charge in [0.15, 0.2) is 0 Å². The number of likely N-dealkylation sites (N-methyl/N-ethyl adjacent to an activating group) is 1. The van der Waals surface area contributed by atoms with E-state index in [0.717, 1.165) is 30.9 Å². The van der Waals surface area contributed by atoms with Gasteiger partial charge in [0.25, 0.3) is 0 Å². The molecule has 0 spiro atoms. The third kappa shape index (κ3) is 3.96. The summed E-state index contributed by atoms with van der Waals surface area (Å²) in [5.74, 6) is 0.0905. The van der Waals surface area contributed by atoms with Gasteiger partial charge in [-0.15, -0.1) is 0 Å². The van der Waals surface area contributed by atoms with Crippen LogP contribution in [-0.4, -0.2) is 36.5 Å². The number of carbonyl (C=O) groups is 1. The van der Waals surface area contributed by atoms with E-state index in [1.807, 2.05) is 24.3 Å². The first-order valence-electron chi connectivity index (χ1n) is 7.04. The maximum Gasteiger partial charge on any atom is 0.224 e. The fourth-order valence-corrected chi connectivity index (χ4v) is 2.66. The van der Waals surface area contributed by atoms with Crippen molar-refractivity contribution >= 4 is 11.6 Å². The van der Waals surface area contributed by atoms with Crippen molar-refractivity contribution in [2.24, 2.45) is 0 Å². The number of likely N-dealkylation sites (tertiary alicyclic amines) is 1. The molecule has 1 saturated heterocycles. The van der Waals surface area contributed by atoms with Crippen LogP contribution in [0.1, 0.15) is 25.3 Å². The lowest BCUT2D eigenvalue weighted by molar-refractivity contribution is -0.120. The van der Waals surface area contributed by atoms with E-state index in [9.17, 15) is 4.79 Å². The molecule has 1 amide bonds. The van der Waals surface area contributed by atoms with Crippen molar-refractivity contribution in [1.82, 2.24) is 10.2 Å². The van der Waals surface area contributed by atoms with E-state index < -0.39 is 0 Å². The molecule has 1 atom stereocenters. The molecule has 1 aliphatic rings. The number of amides is 1. The monoisotopic (exact) mass is 261 g/mol. The van der Waals surface area contributed by atoms with E-state index in [4.69, 9.17) is 5.73 Å². The molecule has 0 radical (unpaired) electrons. The maximum absolute atomic E-state index is 11.9. The van der Waals surface area contributed by atoms with Crippen LogP contribution in [0.2, 0.25) is 0 Å². The van der Waals surface area contributed by atoms with E-state index in [-0.39, 0.29) is 5.91 Å². The van der Waals surface area contributed by atoms with Gasteiger partial charge in [-0.1, -0.05) is 19.1 Å². The van der Waals surface area contributed by atoms with Crippen LogP contribution in [0.5, 0.6) is 0 Å². The lowest BCUT2D eigenvalue weighted by atomic mass is 10.1. The molecule has 4 nitrogen and oxygen atoms in total. The maximum atomic E-state index is 11.9. The van der Waals surface area contributed by atoms with Crippen molar-refractivity contribution in [3.63, 3.8) is 0 Å². The summed E-state index contributed by atoms with van der Waals surface area (Å²) in [6.45, 7) is 5.17. The summed E-state index contributed by atoms with van der Waals surface area (Å²) in [6.07, 6.45) is 2.86. The van der Waals surface area contributed by atoms with Crippen molar-refractivity contribution in [2.45, 2.75) is 32.2 Å². The van der Waals surface area contributed by atoms with Crippen molar-refractivity contribution in [1.29, 1.82) is 0 Å². The first-order valence-corrected chi connectivity index (χ1v) is 7.04. The first kappa shape index (κ1) is 13.9. The highest BCUT2D eigenvalue weighted by Crippen LogP contribution is 2.15. The van der Waals surface area contributed by atoms with Gasteiger partial charge in [0.05, 0.1) is 6.42 Å². The predicted molar refractivity (Wildman–Crippen MR) is 77.8 cm³/mol. The van der Waals surface area contributed by atoms with Crippen LogP contribution in [-0.2, 0) is 11.2 Å². The molecule has 0 aromatic heterocycles. The molecule has 19 heavy (non-hydrogen) atoms. The second kappa shape index (κ2) is 6.57. The van der Waals surface area contributed by atoms with Crippen LogP contribution in [0.15, 0.2) is 24.3 Å². The zero-order chi connectivity index (χ0) is 13.7. The van der Waals surface area contributed by atoms with Crippen LogP contribution in [0.25, 0.3) is 0 Å². The summed E-state index contributed by atoms with van der Waals surface area (Å²) in [7, 11) is 0. The largest absolute Gasteiger partial charge is 0.399 e. The molecule has 0 bridgehead atoms. The predicted octanol–water partition coefficient (Wildman–Crippen LogP) is 1.41. The molecule has 4 heteroatoms. The molecule has 1 aromatic carbocycles. The van der Waals surface area contributed by atoms with E-state index in [1.165, 1.54) is 12.8 Å². The van der Waals surface area contributed by atoms with Crippen LogP contribution in [0, 0.1) is 0 Å². The zero-order valence-electron chi connectivity index (χ0n) is 11.6. The van der Waals surface area contributed by atoms with Gasteiger partial charge in [0.1, 0.15) is 0 Å². The van der Waals surface area contributed by atoms with Gasteiger partial charge in [0, 0.05) is 18.3 Å². The molecule has 0 aliphatic carbocycles. The Morgan fingerprint density at radius 1 is 1.42 bits per heavy atom. The molecule has 1 unspecified atom stereocenters. The summed E-state index contributed by atoms with van der Waals surface area (Å²) in [6, 6.07) is 7.99. The number of nitrogen functional groups attached to an aromatic ring is 1. The lowest BCUT2D eigenvalue weighted by Crippen LogP contribution is -2.40. The summed E-state index contributed by atoms with van der Waals surface area (Å²) in [5.41, 5.74) is 7.36.